The van der Waals surface area contributed by atoms with Crippen LogP contribution in [-0.2, 0) is 11.4 Å². The summed E-state index contributed by atoms with van der Waals surface area (Å²) in [5, 5.41) is 5.70. The molecule has 16 heavy (non-hydrogen) atoms. The zero-order valence-electron chi connectivity index (χ0n) is 9.24. The summed E-state index contributed by atoms with van der Waals surface area (Å²) in [4.78, 5) is 13.5. The van der Waals surface area contributed by atoms with E-state index in [-0.39, 0.29) is 0 Å². The Morgan fingerprint density at radius 2 is 2.12 bits per heavy atom. The lowest BCUT2D eigenvalue weighted by molar-refractivity contribution is 0.197. The van der Waals surface area contributed by atoms with E-state index in [4.69, 9.17) is 4.84 Å². The molecule has 0 atom stereocenters. The predicted molar refractivity (Wildman–Crippen MR) is 59.1 cm³/mol. The van der Waals surface area contributed by atoms with Gasteiger partial charge in [-0.1, -0.05) is 0 Å². The van der Waals surface area contributed by atoms with Crippen LogP contribution in [0.5, 0.6) is 0 Å². The van der Waals surface area contributed by atoms with Gasteiger partial charge in [0.15, 0.2) is 0 Å². The maximum atomic E-state index is 5.24. The van der Waals surface area contributed by atoms with Crippen molar-refractivity contribution in [3.63, 3.8) is 0 Å². The largest absolute Gasteiger partial charge is 0.271 e. The normalized spacial score (nSPS) is 10.4. The van der Waals surface area contributed by atoms with Gasteiger partial charge in [-0.3, -0.25) is 9.52 Å². The second-order valence-corrected chi connectivity index (χ2v) is 3.08. The first kappa shape index (κ1) is 10.6. The van der Waals surface area contributed by atoms with Crippen molar-refractivity contribution in [2.24, 2.45) is 0 Å². The van der Waals surface area contributed by atoms with E-state index in [1.54, 1.807) is 31.8 Å². The molecule has 0 aliphatic heterocycles. The number of nitrogens with zero attached hydrogens (tertiary/aromatic N) is 5. The third-order valence-electron chi connectivity index (χ3n) is 2.09. The van der Waals surface area contributed by atoms with Crippen molar-refractivity contribution in [2.75, 3.05) is 12.2 Å². The second kappa shape index (κ2) is 4.71. The molecule has 0 bridgehead atoms. The van der Waals surface area contributed by atoms with Gasteiger partial charge in [0.05, 0.1) is 19.5 Å². The Morgan fingerprint density at radius 3 is 2.69 bits per heavy atom. The van der Waals surface area contributed by atoms with E-state index in [0.29, 0.717) is 5.95 Å². The van der Waals surface area contributed by atoms with Gasteiger partial charge in [-0.15, -0.1) is 0 Å². The number of hydrogen-bond acceptors (Lipinski definition) is 5. The zero-order valence-corrected chi connectivity index (χ0v) is 9.24. The highest BCUT2D eigenvalue weighted by Crippen LogP contribution is 2.20. The lowest BCUT2D eigenvalue weighted by Crippen LogP contribution is -2.17. The third-order valence-corrected chi connectivity index (χ3v) is 2.09. The number of rotatable bonds is 4. The minimum Gasteiger partial charge on any atom is -0.271 e. The standard InChI is InChI=1S/C10H13N5O/c1-3-14-8-9(7-13-14)15(16-2)10-11-5-4-6-12-10/h4-8H,3H2,1-2H3. The number of hydrogen-bond donors (Lipinski definition) is 0. The Labute approximate surface area is 93.5 Å². The Kier molecular flexibility index (Phi) is 3.11. The van der Waals surface area contributed by atoms with Crippen molar-refractivity contribution < 1.29 is 4.84 Å². The molecule has 0 N–H and O–H groups in total. The predicted octanol–water partition coefficient (Wildman–Crippen LogP) is 1.39. The fourth-order valence-electron chi connectivity index (χ4n) is 1.33. The summed E-state index contributed by atoms with van der Waals surface area (Å²) in [6.07, 6.45) is 6.92. The van der Waals surface area contributed by atoms with Crippen LogP contribution >= 0.6 is 0 Å². The van der Waals surface area contributed by atoms with E-state index in [0.717, 1.165) is 12.2 Å². The molecule has 0 amide bonds. The van der Waals surface area contributed by atoms with Crippen LogP contribution in [-0.4, -0.2) is 26.9 Å². The smallest absolute Gasteiger partial charge is 0.254 e. The van der Waals surface area contributed by atoms with E-state index < -0.39 is 0 Å². The fourth-order valence-corrected chi connectivity index (χ4v) is 1.33. The van der Waals surface area contributed by atoms with Gasteiger partial charge in [-0.25, -0.2) is 9.97 Å². The van der Waals surface area contributed by atoms with Crippen LogP contribution in [0, 0.1) is 0 Å². The number of aromatic nitrogens is 4. The molecule has 0 saturated heterocycles. The van der Waals surface area contributed by atoms with Crippen LogP contribution in [0.15, 0.2) is 30.9 Å². The van der Waals surface area contributed by atoms with Crippen molar-refractivity contribution in [3.8, 4) is 0 Å². The van der Waals surface area contributed by atoms with Crippen molar-refractivity contribution in [1.82, 2.24) is 19.7 Å². The Morgan fingerprint density at radius 1 is 1.38 bits per heavy atom. The molecule has 0 unspecified atom stereocenters. The molecule has 6 nitrogen and oxygen atoms in total. The summed E-state index contributed by atoms with van der Waals surface area (Å²) < 4.78 is 1.81. The molecule has 0 aliphatic carbocycles. The summed E-state index contributed by atoms with van der Waals surface area (Å²) in [7, 11) is 1.57. The van der Waals surface area contributed by atoms with Crippen molar-refractivity contribution in [2.45, 2.75) is 13.5 Å². The van der Waals surface area contributed by atoms with Gasteiger partial charge in [0.1, 0.15) is 5.69 Å². The topological polar surface area (TPSA) is 56.1 Å². The van der Waals surface area contributed by atoms with E-state index in [2.05, 4.69) is 15.1 Å². The Hall–Kier alpha value is -1.95. The van der Waals surface area contributed by atoms with Crippen molar-refractivity contribution >= 4 is 11.6 Å². The highest BCUT2D eigenvalue weighted by atomic mass is 16.7. The van der Waals surface area contributed by atoms with Gasteiger partial charge in [0.25, 0.3) is 5.95 Å². The monoisotopic (exact) mass is 219 g/mol. The molecule has 0 spiro atoms. The molecule has 0 radical (unpaired) electrons. The van der Waals surface area contributed by atoms with E-state index in [1.807, 2.05) is 17.8 Å². The van der Waals surface area contributed by atoms with Crippen molar-refractivity contribution in [3.05, 3.63) is 30.9 Å². The van der Waals surface area contributed by atoms with Gasteiger partial charge in [-0.2, -0.15) is 10.2 Å². The summed E-state index contributed by atoms with van der Waals surface area (Å²) in [5.74, 6) is 0.487. The van der Waals surface area contributed by atoms with E-state index in [9.17, 15) is 0 Å². The molecule has 0 aliphatic rings. The summed E-state index contributed by atoms with van der Waals surface area (Å²) in [6, 6.07) is 1.76. The highest BCUT2D eigenvalue weighted by molar-refractivity contribution is 5.50. The Balaban J connectivity index is 2.29. The molecule has 0 fully saturated rings. The summed E-state index contributed by atoms with van der Waals surface area (Å²) in [6.45, 7) is 2.83. The Bertz CT molecular complexity index is 441. The maximum absolute atomic E-state index is 5.24. The van der Waals surface area contributed by atoms with Crippen LogP contribution in [0.1, 0.15) is 6.92 Å². The first-order valence-corrected chi connectivity index (χ1v) is 4.99. The molecular weight excluding hydrogens is 206 g/mol. The second-order valence-electron chi connectivity index (χ2n) is 3.08. The van der Waals surface area contributed by atoms with Gasteiger partial charge in [0.2, 0.25) is 0 Å². The minimum atomic E-state index is 0.487. The first-order valence-electron chi connectivity index (χ1n) is 4.99. The van der Waals surface area contributed by atoms with Gasteiger partial charge in [0, 0.05) is 18.9 Å². The molecule has 6 heteroatoms. The van der Waals surface area contributed by atoms with Crippen LogP contribution in [0.3, 0.4) is 0 Å². The van der Waals surface area contributed by atoms with E-state index in [1.165, 1.54) is 5.06 Å². The molecule has 0 aromatic carbocycles. The van der Waals surface area contributed by atoms with Gasteiger partial charge < -0.3 is 0 Å². The number of anilines is 2. The summed E-state index contributed by atoms with van der Waals surface area (Å²) >= 11 is 0. The zero-order chi connectivity index (χ0) is 11.4. The molecular formula is C10H13N5O. The third kappa shape index (κ3) is 2.01. The van der Waals surface area contributed by atoms with Crippen LogP contribution in [0.4, 0.5) is 11.6 Å². The average molecular weight is 219 g/mol. The minimum absolute atomic E-state index is 0.487. The van der Waals surface area contributed by atoms with Crippen LogP contribution in [0.2, 0.25) is 0 Å². The quantitative estimate of drug-likeness (QED) is 0.727. The molecule has 2 rings (SSSR count). The lowest BCUT2D eigenvalue weighted by Gasteiger charge is -2.16. The van der Waals surface area contributed by atoms with Crippen molar-refractivity contribution in [1.29, 1.82) is 0 Å². The lowest BCUT2D eigenvalue weighted by atomic mass is 10.5. The molecule has 2 aromatic heterocycles. The molecule has 2 heterocycles. The molecule has 84 valence electrons. The highest BCUT2D eigenvalue weighted by Gasteiger charge is 2.12. The number of aryl methyl sites for hydroxylation is 1. The van der Waals surface area contributed by atoms with Gasteiger partial charge >= 0.3 is 0 Å². The SMILES string of the molecule is CCn1cc(N(OC)c2ncccn2)cn1. The first-order chi connectivity index (χ1) is 7.85. The van der Waals surface area contributed by atoms with Crippen LogP contribution < -0.4 is 5.06 Å². The maximum Gasteiger partial charge on any atom is 0.254 e. The molecule has 0 saturated carbocycles. The van der Waals surface area contributed by atoms with Gasteiger partial charge in [-0.05, 0) is 13.0 Å². The van der Waals surface area contributed by atoms with Crippen LogP contribution in [0.25, 0.3) is 0 Å². The average Bonchev–Trinajstić information content (AvgIpc) is 2.80. The summed E-state index contributed by atoms with van der Waals surface area (Å²) in [5.41, 5.74) is 0.801. The van der Waals surface area contributed by atoms with E-state index >= 15 is 0 Å². The fraction of sp³-hybridized carbons (Fsp3) is 0.300. The molecule has 2 aromatic rings.